The topological polar surface area (TPSA) is 52.6 Å². The van der Waals surface area contributed by atoms with E-state index in [2.05, 4.69) is 4.74 Å². The maximum Gasteiger partial charge on any atom is 0.346 e. The standard InChI is InChI=1S/C11H11ClO4/c1-7(11(14)15-2)16-10-4-3-9(12)5-8(10)6-13/h3-7H,1-2H3. The van der Waals surface area contributed by atoms with E-state index in [1.165, 1.54) is 26.2 Å². The van der Waals surface area contributed by atoms with Crippen LogP contribution in [0.5, 0.6) is 5.75 Å². The van der Waals surface area contributed by atoms with Crippen molar-refractivity contribution in [3.05, 3.63) is 28.8 Å². The molecule has 0 amide bonds. The van der Waals surface area contributed by atoms with Gasteiger partial charge in [0.15, 0.2) is 12.4 Å². The molecule has 0 saturated carbocycles. The molecule has 1 rings (SSSR count). The third-order valence-corrected chi connectivity index (χ3v) is 2.17. The summed E-state index contributed by atoms with van der Waals surface area (Å²) in [4.78, 5) is 21.9. The molecule has 0 bridgehead atoms. The first-order valence-corrected chi connectivity index (χ1v) is 4.95. The molecule has 0 aliphatic carbocycles. The van der Waals surface area contributed by atoms with Crippen molar-refractivity contribution in [2.45, 2.75) is 13.0 Å². The van der Waals surface area contributed by atoms with Crippen LogP contribution in [0.25, 0.3) is 0 Å². The molecule has 0 N–H and O–H groups in total. The number of aldehydes is 1. The average molecular weight is 243 g/mol. The Hall–Kier alpha value is -1.55. The molecule has 5 heteroatoms. The summed E-state index contributed by atoms with van der Waals surface area (Å²) in [6.07, 6.45) is -0.157. The van der Waals surface area contributed by atoms with Gasteiger partial charge in [0.2, 0.25) is 0 Å². The van der Waals surface area contributed by atoms with Crippen molar-refractivity contribution >= 4 is 23.9 Å². The predicted octanol–water partition coefficient (Wildman–Crippen LogP) is 2.09. The summed E-state index contributed by atoms with van der Waals surface area (Å²) in [5, 5.41) is 0.431. The van der Waals surface area contributed by atoms with E-state index in [9.17, 15) is 9.59 Å². The molecule has 0 saturated heterocycles. The smallest absolute Gasteiger partial charge is 0.346 e. The zero-order valence-corrected chi connectivity index (χ0v) is 9.65. The number of ether oxygens (including phenoxy) is 2. The number of hydrogen-bond donors (Lipinski definition) is 0. The van der Waals surface area contributed by atoms with Crippen molar-refractivity contribution in [3.63, 3.8) is 0 Å². The van der Waals surface area contributed by atoms with Crippen LogP contribution in [0.3, 0.4) is 0 Å². The van der Waals surface area contributed by atoms with Crippen LogP contribution in [0.2, 0.25) is 5.02 Å². The fourth-order valence-electron chi connectivity index (χ4n) is 1.12. The predicted molar refractivity (Wildman–Crippen MR) is 58.9 cm³/mol. The second-order valence-corrected chi connectivity index (χ2v) is 3.52. The van der Waals surface area contributed by atoms with Crippen molar-refractivity contribution < 1.29 is 19.1 Å². The monoisotopic (exact) mass is 242 g/mol. The largest absolute Gasteiger partial charge is 0.478 e. The van der Waals surface area contributed by atoms with Crippen LogP contribution < -0.4 is 4.74 Å². The zero-order valence-electron chi connectivity index (χ0n) is 8.90. The van der Waals surface area contributed by atoms with Crippen molar-refractivity contribution in [2.24, 2.45) is 0 Å². The Balaban J connectivity index is 2.88. The highest BCUT2D eigenvalue weighted by Gasteiger charge is 2.16. The third-order valence-electron chi connectivity index (χ3n) is 1.94. The van der Waals surface area contributed by atoms with E-state index in [0.717, 1.165) is 0 Å². The lowest BCUT2D eigenvalue weighted by atomic mass is 10.2. The summed E-state index contributed by atoms with van der Waals surface area (Å²) >= 11 is 5.72. The molecule has 0 aromatic heterocycles. The minimum atomic E-state index is -0.773. The Morgan fingerprint density at radius 3 is 2.75 bits per heavy atom. The molecule has 86 valence electrons. The van der Waals surface area contributed by atoms with Gasteiger partial charge in [-0.05, 0) is 25.1 Å². The number of rotatable bonds is 4. The van der Waals surface area contributed by atoms with Crippen LogP contribution in [0, 0.1) is 0 Å². The minimum Gasteiger partial charge on any atom is -0.478 e. The molecule has 1 aromatic rings. The molecule has 0 aliphatic heterocycles. The molecule has 1 atom stereocenters. The Morgan fingerprint density at radius 2 is 2.19 bits per heavy atom. The van der Waals surface area contributed by atoms with E-state index in [4.69, 9.17) is 16.3 Å². The number of esters is 1. The molecule has 0 aliphatic rings. The van der Waals surface area contributed by atoms with Gasteiger partial charge in [-0.3, -0.25) is 4.79 Å². The van der Waals surface area contributed by atoms with Crippen LogP contribution in [-0.4, -0.2) is 25.5 Å². The van der Waals surface area contributed by atoms with Crippen molar-refractivity contribution in [1.29, 1.82) is 0 Å². The van der Waals surface area contributed by atoms with Crippen LogP contribution in [0.15, 0.2) is 18.2 Å². The number of carbonyl (C=O) groups is 2. The van der Waals surface area contributed by atoms with Crippen molar-refractivity contribution in [3.8, 4) is 5.75 Å². The van der Waals surface area contributed by atoms with Gasteiger partial charge < -0.3 is 9.47 Å². The van der Waals surface area contributed by atoms with Gasteiger partial charge in [-0.15, -0.1) is 0 Å². The first-order chi connectivity index (χ1) is 7.58. The van der Waals surface area contributed by atoms with Crippen LogP contribution in [0.1, 0.15) is 17.3 Å². The van der Waals surface area contributed by atoms with E-state index in [1.807, 2.05) is 0 Å². The van der Waals surface area contributed by atoms with Gasteiger partial charge in [-0.1, -0.05) is 11.6 Å². The molecule has 1 unspecified atom stereocenters. The Morgan fingerprint density at radius 1 is 1.50 bits per heavy atom. The number of halogens is 1. The first kappa shape index (κ1) is 12.5. The fourth-order valence-corrected chi connectivity index (χ4v) is 1.30. The zero-order chi connectivity index (χ0) is 12.1. The maximum atomic E-state index is 11.1. The quantitative estimate of drug-likeness (QED) is 0.599. The number of methoxy groups -OCH3 is 1. The summed E-state index contributed by atoms with van der Waals surface area (Å²) in [6.45, 7) is 1.54. The van der Waals surface area contributed by atoms with Crippen molar-refractivity contribution in [2.75, 3.05) is 7.11 Å². The van der Waals surface area contributed by atoms with Gasteiger partial charge in [0, 0.05) is 5.02 Å². The Bertz CT molecular complexity index is 403. The number of carbonyl (C=O) groups excluding carboxylic acids is 2. The van der Waals surface area contributed by atoms with Gasteiger partial charge in [0.1, 0.15) is 5.75 Å². The van der Waals surface area contributed by atoms with Crippen molar-refractivity contribution in [1.82, 2.24) is 0 Å². The molecule has 0 fully saturated rings. The summed E-state index contributed by atoms with van der Waals surface area (Å²) in [7, 11) is 1.27. The van der Waals surface area contributed by atoms with E-state index in [-0.39, 0.29) is 0 Å². The molecule has 0 heterocycles. The van der Waals surface area contributed by atoms with E-state index in [0.29, 0.717) is 22.6 Å². The SMILES string of the molecule is COC(=O)C(C)Oc1ccc(Cl)cc1C=O. The highest BCUT2D eigenvalue weighted by Crippen LogP contribution is 2.22. The first-order valence-electron chi connectivity index (χ1n) is 4.57. The normalized spacial score (nSPS) is 11.7. The Kier molecular flexibility index (Phi) is 4.31. The summed E-state index contributed by atoms with van der Waals surface area (Å²) < 4.78 is 9.78. The second-order valence-electron chi connectivity index (χ2n) is 3.08. The Labute approximate surface area is 98.1 Å². The lowest BCUT2D eigenvalue weighted by molar-refractivity contribution is -0.147. The van der Waals surface area contributed by atoms with Gasteiger partial charge in [0.05, 0.1) is 12.7 Å². The molecule has 4 nitrogen and oxygen atoms in total. The molecule has 0 radical (unpaired) electrons. The molecular formula is C11H11ClO4. The number of benzene rings is 1. The van der Waals surface area contributed by atoms with Gasteiger partial charge in [0.25, 0.3) is 0 Å². The highest BCUT2D eigenvalue weighted by atomic mass is 35.5. The third kappa shape index (κ3) is 2.97. The van der Waals surface area contributed by atoms with Crippen LogP contribution in [0.4, 0.5) is 0 Å². The van der Waals surface area contributed by atoms with Gasteiger partial charge in [-0.25, -0.2) is 4.79 Å². The minimum absolute atomic E-state index is 0.295. The van der Waals surface area contributed by atoms with E-state index < -0.39 is 12.1 Å². The van der Waals surface area contributed by atoms with E-state index in [1.54, 1.807) is 6.07 Å². The van der Waals surface area contributed by atoms with Gasteiger partial charge in [-0.2, -0.15) is 0 Å². The molecule has 1 aromatic carbocycles. The molecular weight excluding hydrogens is 232 g/mol. The fraction of sp³-hybridized carbons (Fsp3) is 0.273. The molecule has 16 heavy (non-hydrogen) atoms. The van der Waals surface area contributed by atoms with Crippen LogP contribution in [-0.2, 0) is 9.53 Å². The molecule has 0 spiro atoms. The summed E-state index contributed by atoms with van der Waals surface area (Å²) in [6, 6.07) is 4.58. The van der Waals surface area contributed by atoms with Crippen LogP contribution >= 0.6 is 11.6 Å². The second kappa shape index (κ2) is 5.51. The lowest BCUT2D eigenvalue weighted by Gasteiger charge is -2.13. The summed E-state index contributed by atoms with van der Waals surface area (Å²) in [5.41, 5.74) is 0.295. The highest BCUT2D eigenvalue weighted by molar-refractivity contribution is 6.30. The number of hydrogen-bond acceptors (Lipinski definition) is 4. The maximum absolute atomic E-state index is 11.1. The summed E-state index contributed by atoms with van der Waals surface area (Å²) in [5.74, 6) is -0.205. The van der Waals surface area contributed by atoms with E-state index >= 15 is 0 Å². The van der Waals surface area contributed by atoms with Gasteiger partial charge >= 0.3 is 5.97 Å². The average Bonchev–Trinajstić information content (AvgIpc) is 2.30. The lowest BCUT2D eigenvalue weighted by Crippen LogP contribution is -2.25.